The van der Waals surface area contributed by atoms with Gasteiger partial charge in [-0.1, -0.05) is 31.4 Å². The lowest BCUT2D eigenvalue weighted by atomic mass is 9.80. The predicted octanol–water partition coefficient (Wildman–Crippen LogP) is 1.66. The van der Waals surface area contributed by atoms with Gasteiger partial charge in [0.1, 0.15) is 5.92 Å². The van der Waals surface area contributed by atoms with Gasteiger partial charge in [0.25, 0.3) is 0 Å². The van der Waals surface area contributed by atoms with Crippen LogP contribution in [0.15, 0.2) is 12.2 Å². The van der Waals surface area contributed by atoms with Crippen LogP contribution in [0.3, 0.4) is 0 Å². The number of carbonyl (C=O) groups excluding carboxylic acids is 1. The van der Waals surface area contributed by atoms with Crippen molar-refractivity contribution in [2.24, 2.45) is 11.8 Å². The van der Waals surface area contributed by atoms with Crippen LogP contribution in [-0.4, -0.2) is 35.5 Å². The van der Waals surface area contributed by atoms with Crippen LogP contribution in [0.2, 0.25) is 0 Å². The molecular formula is C14H24O4. The minimum atomic E-state index is -0.702. The van der Waals surface area contributed by atoms with E-state index < -0.39 is 18.0 Å². The first-order valence-corrected chi connectivity index (χ1v) is 6.83. The second-order valence-corrected chi connectivity index (χ2v) is 4.78. The molecule has 4 heteroatoms. The largest absolute Gasteiger partial charge is 0.465 e. The molecule has 1 fully saturated rings. The van der Waals surface area contributed by atoms with Gasteiger partial charge in [0, 0.05) is 0 Å². The number of carbonyl (C=O) groups is 1. The van der Waals surface area contributed by atoms with Crippen molar-refractivity contribution >= 4 is 5.97 Å². The maximum absolute atomic E-state index is 11.8. The molecule has 2 N–H and O–H groups in total. The van der Waals surface area contributed by atoms with Crippen LogP contribution >= 0.6 is 0 Å². The Bertz CT molecular complexity index is 269. The Morgan fingerprint density at radius 2 is 2.06 bits per heavy atom. The van der Waals surface area contributed by atoms with E-state index in [4.69, 9.17) is 9.84 Å². The summed E-state index contributed by atoms with van der Waals surface area (Å²) in [6.45, 7) is 1.92. The van der Waals surface area contributed by atoms with Gasteiger partial charge >= 0.3 is 5.97 Å². The quantitative estimate of drug-likeness (QED) is 0.560. The number of rotatable bonds is 6. The molecule has 1 aliphatic carbocycles. The molecule has 0 aromatic rings. The van der Waals surface area contributed by atoms with Crippen LogP contribution < -0.4 is 0 Å². The zero-order valence-corrected chi connectivity index (χ0v) is 11.0. The Kier molecular flexibility index (Phi) is 6.98. The molecule has 1 rings (SSSR count). The third-order valence-corrected chi connectivity index (χ3v) is 3.51. The van der Waals surface area contributed by atoms with Gasteiger partial charge in [0.05, 0.1) is 19.3 Å². The highest BCUT2D eigenvalue weighted by Crippen LogP contribution is 2.30. The fourth-order valence-electron chi connectivity index (χ4n) is 2.55. The number of hydrogen-bond donors (Lipinski definition) is 2. The molecular weight excluding hydrogens is 232 g/mol. The zero-order valence-electron chi connectivity index (χ0n) is 11.0. The number of esters is 1. The number of ether oxygens (including phenoxy) is 1. The van der Waals surface area contributed by atoms with Crippen molar-refractivity contribution in [3.05, 3.63) is 12.2 Å². The Morgan fingerprint density at radius 1 is 1.39 bits per heavy atom. The maximum Gasteiger partial charge on any atom is 0.315 e. The first-order chi connectivity index (χ1) is 8.70. The first kappa shape index (κ1) is 15.2. The Hall–Kier alpha value is -0.870. The SMILES string of the molecule is CCOC(=O)[C@H](/C=C/CO)[C@H](O)C1CCCCC1. The molecule has 0 aromatic heterocycles. The second kappa shape index (κ2) is 8.27. The van der Waals surface area contributed by atoms with E-state index in [1.165, 1.54) is 12.5 Å². The second-order valence-electron chi connectivity index (χ2n) is 4.78. The summed E-state index contributed by atoms with van der Waals surface area (Å²) in [5, 5.41) is 19.1. The molecule has 0 radical (unpaired) electrons. The first-order valence-electron chi connectivity index (χ1n) is 6.83. The molecule has 0 bridgehead atoms. The average molecular weight is 256 g/mol. The van der Waals surface area contributed by atoms with Crippen LogP contribution in [-0.2, 0) is 9.53 Å². The fraction of sp³-hybridized carbons (Fsp3) is 0.786. The molecule has 1 saturated carbocycles. The highest BCUT2D eigenvalue weighted by molar-refractivity contribution is 5.75. The van der Waals surface area contributed by atoms with E-state index in [2.05, 4.69) is 0 Å². The maximum atomic E-state index is 11.8. The number of aliphatic hydroxyl groups is 2. The van der Waals surface area contributed by atoms with Crippen LogP contribution in [0.4, 0.5) is 0 Å². The molecule has 0 amide bonds. The minimum absolute atomic E-state index is 0.132. The molecule has 4 nitrogen and oxygen atoms in total. The Labute approximate surface area is 109 Å². The summed E-state index contributed by atoms with van der Waals surface area (Å²) in [5.74, 6) is -0.892. The van der Waals surface area contributed by atoms with E-state index in [1.54, 1.807) is 13.0 Å². The van der Waals surface area contributed by atoms with Gasteiger partial charge in [-0.2, -0.15) is 0 Å². The lowest BCUT2D eigenvalue weighted by Gasteiger charge is -2.29. The summed E-state index contributed by atoms with van der Waals surface area (Å²) < 4.78 is 4.98. The molecule has 0 saturated heterocycles. The third kappa shape index (κ3) is 4.42. The summed E-state index contributed by atoms with van der Waals surface area (Å²) in [4.78, 5) is 11.8. The lowest BCUT2D eigenvalue weighted by molar-refractivity contribution is -0.151. The molecule has 0 aromatic carbocycles. The Balaban J connectivity index is 2.67. The van der Waals surface area contributed by atoms with Crippen LogP contribution in [0.25, 0.3) is 0 Å². The van der Waals surface area contributed by atoms with Gasteiger partial charge in [0.2, 0.25) is 0 Å². The summed E-state index contributed by atoms with van der Waals surface area (Å²) >= 11 is 0. The van der Waals surface area contributed by atoms with Gasteiger partial charge in [-0.15, -0.1) is 0 Å². The molecule has 18 heavy (non-hydrogen) atoms. The van der Waals surface area contributed by atoms with Crippen LogP contribution in [0, 0.1) is 11.8 Å². The van der Waals surface area contributed by atoms with Gasteiger partial charge in [-0.25, -0.2) is 0 Å². The molecule has 0 aliphatic heterocycles. The molecule has 0 spiro atoms. The van der Waals surface area contributed by atoms with Gasteiger partial charge in [-0.05, 0) is 25.7 Å². The fourth-order valence-corrected chi connectivity index (χ4v) is 2.55. The van der Waals surface area contributed by atoms with E-state index in [-0.39, 0.29) is 12.5 Å². The van der Waals surface area contributed by atoms with Gasteiger partial charge < -0.3 is 14.9 Å². The van der Waals surface area contributed by atoms with Crippen molar-refractivity contribution in [3.8, 4) is 0 Å². The summed E-state index contributed by atoms with van der Waals surface area (Å²) in [7, 11) is 0. The summed E-state index contributed by atoms with van der Waals surface area (Å²) in [6, 6.07) is 0. The van der Waals surface area contributed by atoms with E-state index in [1.807, 2.05) is 0 Å². The van der Waals surface area contributed by atoms with Crippen molar-refractivity contribution in [1.29, 1.82) is 0 Å². The molecule has 104 valence electrons. The predicted molar refractivity (Wildman–Crippen MR) is 68.9 cm³/mol. The zero-order chi connectivity index (χ0) is 13.4. The van der Waals surface area contributed by atoms with Crippen molar-refractivity contribution in [1.82, 2.24) is 0 Å². The van der Waals surface area contributed by atoms with E-state index in [9.17, 15) is 9.90 Å². The molecule has 2 atom stereocenters. The number of hydrogen-bond acceptors (Lipinski definition) is 4. The highest BCUT2D eigenvalue weighted by Gasteiger charge is 2.32. The monoisotopic (exact) mass is 256 g/mol. The van der Waals surface area contributed by atoms with E-state index in [0.29, 0.717) is 6.61 Å². The van der Waals surface area contributed by atoms with Crippen molar-refractivity contribution in [2.45, 2.75) is 45.1 Å². The topological polar surface area (TPSA) is 66.8 Å². The molecule has 1 aliphatic rings. The standard InChI is InChI=1S/C14H24O4/c1-2-18-14(17)12(9-6-10-15)13(16)11-7-4-3-5-8-11/h6,9,11-13,15-16H,2-5,7-8,10H2,1H3/b9-6+/t12-,13-/m1/s1. The minimum Gasteiger partial charge on any atom is -0.465 e. The molecule has 0 heterocycles. The summed E-state index contributed by atoms with van der Waals surface area (Å²) in [6.07, 6.45) is 7.72. The van der Waals surface area contributed by atoms with Gasteiger partial charge in [-0.3, -0.25) is 4.79 Å². The Morgan fingerprint density at radius 3 is 2.61 bits per heavy atom. The average Bonchev–Trinajstić information content (AvgIpc) is 2.40. The van der Waals surface area contributed by atoms with Crippen LogP contribution in [0.5, 0.6) is 0 Å². The molecule has 0 unspecified atom stereocenters. The van der Waals surface area contributed by atoms with Gasteiger partial charge in [0.15, 0.2) is 0 Å². The van der Waals surface area contributed by atoms with E-state index >= 15 is 0 Å². The smallest absolute Gasteiger partial charge is 0.315 e. The normalized spacial score (nSPS) is 20.8. The van der Waals surface area contributed by atoms with Crippen molar-refractivity contribution in [3.63, 3.8) is 0 Å². The summed E-state index contributed by atoms with van der Waals surface area (Å²) in [5.41, 5.74) is 0. The van der Waals surface area contributed by atoms with Crippen molar-refractivity contribution in [2.75, 3.05) is 13.2 Å². The van der Waals surface area contributed by atoms with E-state index in [0.717, 1.165) is 25.7 Å². The number of aliphatic hydroxyl groups excluding tert-OH is 2. The highest BCUT2D eigenvalue weighted by atomic mass is 16.5. The van der Waals surface area contributed by atoms with Crippen LogP contribution in [0.1, 0.15) is 39.0 Å². The third-order valence-electron chi connectivity index (χ3n) is 3.51. The van der Waals surface area contributed by atoms with Crippen molar-refractivity contribution < 1.29 is 19.7 Å². The lowest BCUT2D eigenvalue weighted by Crippen LogP contribution is -2.35.